The van der Waals surface area contributed by atoms with Crippen LogP contribution in [0.5, 0.6) is 5.75 Å². The third-order valence-corrected chi connectivity index (χ3v) is 2.43. The molecule has 0 spiro atoms. The zero-order chi connectivity index (χ0) is 10.2. The van der Waals surface area contributed by atoms with Gasteiger partial charge in [0.2, 0.25) is 0 Å². The summed E-state index contributed by atoms with van der Waals surface area (Å²) in [6, 6.07) is 8.04. The maximum absolute atomic E-state index is 5.47. The van der Waals surface area contributed by atoms with Crippen LogP contribution in [0, 0.1) is 0 Å². The van der Waals surface area contributed by atoms with Gasteiger partial charge in [0.15, 0.2) is 0 Å². The third kappa shape index (κ3) is 4.11. The van der Waals surface area contributed by atoms with Crippen LogP contribution in [0.25, 0.3) is 0 Å². The highest BCUT2D eigenvalue weighted by atomic mass is 79.9. The zero-order valence-corrected chi connectivity index (χ0v) is 9.92. The average Bonchev–Trinajstić information content (AvgIpc) is 2.25. The predicted molar refractivity (Wildman–Crippen MR) is 61.1 cm³/mol. The van der Waals surface area contributed by atoms with Crippen LogP contribution in [0.3, 0.4) is 0 Å². The summed E-state index contributed by atoms with van der Waals surface area (Å²) in [4.78, 5) is 0. The first-order valence-electron chi connectivity index (χ1n) is 4.72. The minimum atomic E-state index is 0.613. The molecule has 0 aliphatic rings. The second kappa shape index (κ2) is 6.85. The third-order valence-electron chi connectivity index (χ3n) is 1.78. The van der Waals surface area contributed by atoms with Gasteiger partial charge in [-0.2, -0.15) is 0 Å². The van der Waals surface area contributed by atoms with Gasteiger partial charge in [0.05, 0.1) is 6.61 Å². The molecule has 0 bridgehead atoms. The summed E-state index contributed by atoms with van der Waals surface area (Å²) in [5, 5.41) is 0.881. The Morgan fingerprint density at radius 2 is 1.86 bits per heavy atom. The summed E-state index contributed by atoms with van der Waals surface area (Å²) >= 11 is 3.39. The number of hydrogen-bond acceptors (Lipinski definition) is 2. The summed E-state index contributed by atoms with van der Waals surface area (Å²) in [5.41, 5.74) is 1.25. The van der Waals surface area contributed by atoms with E-state index in [1.165, 1.54) is 5.56 Å². The number of hydrogen-bond donors (Lipinski definition) is 0. The van der Waals surface area contributed by atoms with Gasteiger partial charge in [-0.15, -0.1) is 0 Å². The second-order valence-corrected chi connectivity index (χ2v) is 3.38. The fourth-order valence-electron chi connectivity index (χ4n) is 1.04. The predicted octanol–water partition coefficient (Wildman–Crippen LogP) is 3.00. The Kier molecular flexibility index (Phi) is 5.64. The molecular formula is C11H15BrO2. The first kappa shape index (κ1) is 11.5. The minimum absolute atomic E-state index is 0.613. The van der Waals surface area contributed by atoms with Gasteiger partial charge in [-0.3, -0.25) is 0 Å². The lowest BCUT2D eigenvalue weighted by atomic mass is 10.2. The van der Waals surface area contributed by atoms with Crippen molar-refractivity contribution in [1.82, 2.24) is 0 Å². The maximum Gasteiger partial charge on any atom is 0.119 e. The molecule has 1 aromatic carbocycles. The molecule has 0 unspecified atom stereocenters. The van der Waals surface area contributed by atoms with E-state index in [0.29, 0.717) is 13.2 Å². The topological polar surface area (TPSA) is 18.5 Å². The van der Waals surface area contributed by atoms with E-state index in [0.717, 1.165) is 17.7 Å². The lowest BCUT2D eigenvalue weighted by Crippen LogP contribution is -2.06. The second-order valence-electron chi connectivity index (χ2n) is 2.82. The van der Waals surface area contributed by atoms with Crippen LogP contribution >= 0.6 is 15.9 Å². The lowest BCUT2D eigenvalue weighted by Gasteiger charge is -2.06. The highest BCUT2D eigenvalue weighted by molar-refractivity contribution is 9.08. The van der Waals surface area contributed by atoms with Crippen LogP contribution in [0.15, 0.2) is 24.3 Å². The van der Waals surface area contributed by atoms with E-state index in [9.17, 15) is 0 Å². The largest absolute Gasteiger partial charge is 0.491 e. The molecule has 0 N–H and O–H groups in total. The van der Waals surface area contributed by atoms with Crippen molar-refractivity contribution in [2.75, 3.05) is 19.8 Å². The summed E-state index contributed by atoms with van der Waals surface area (Å²) in [6.45, 7) is 3.98. The quantitative estimate of drug-likeness (QED) is 0.577. The van der Waals surface area contributed by atoms with Crippen molar-refractivity contribution in [3.63, 3.8) is 0 Å². The molecule has 14 heavy (non-hydrogen) atoms. The Morgan fingerprint density at radius 1 is 1.14 bits per heavy atom. The Balaban J connectivity index is 2.29. The van der Waals surface area contributed by atoms with E-state index >= 15 is 0 Å². The molecule has 2 nitrogen and oxygen atoms in total. The number of benzene rings is 1. The SMILES string of the molecule is CCOCCOc1ccc(CBr)cc1. The molecule has 0 aliphatic carbocycles. The molecule has 1 rings (SSSR count). The standard InChI is InChI=1S/C11H15BrO2/c1-2-13-7-8-14-11-5-3-10(9-12)4-6-11/h3-6H,2,7-9H2,1H3. The maximum atomic E-state index is 5.47. The minimum Gasteiger partial charge on any atom is -0.491 e. The van der Waals surface area contributed by atoms with E-state index in [4.69, 9.17) is 9.47 Å². The van der Waals surface area contributed by atoms with Crippen molar-refractivity contribution in [2.45, 2.75) is 12.3 Å². The molecule has 0 saturated heterocycles. The highest BCUT2D eigenvalue weighted by Crippen LogP contribution is 2.13. The molecule has 1 aromatic rings. The zero-order valence-electron chi connectivity index (χ0n) is 8.33. The van der Waals surface area contributed by atoms with Crippen molar-refractivity contribution >= 4 is 15.9 Å². The average molecular weight is 259 g/mol. The van der Waals surface area contributed by atoms with Gasteiger partial charge < -0.3 is 9.47 Å². The Morgan fingerprint density at radius 3 is 2.43 bits per heavy atom. The molecule has 0 aromatic heterocycles. The first-order valence-corrected chi connectivity index (χ1v) is 5.84. The summed E-state index contributed by atoms with van der Waals surface area (Å²) in [6.07, 6.45) is 0. The number of ether oxygens (including phenoxy) is 2. The monoisotopic (exact) mass is 258 g/mol. The molecule has 0 atom stereocenters. The molecule has 0 amide bonds. The van der Waals surface area contributed by atoms with Crippen LogP contribution < -0.4 is 4.74 Å². The Labute approximate surface area is 93.4 Å². The fraction of sp³-hybridized carbons (Fsp3) is 0.455. The van der Waals surface area contributed by atoms with E-state index in [1.54, 1.807) is 0 Å². The van der Waals surface area contributed by atoms with Gasteiger partial charge in [-0.1, -0.05) is 28.1 Å². The first-order chi connectivity index (χ1) is 6.86. The number of alkyl halides is 1. The van der Waals surface area contributed by atoms with E-state index in [-0.39, 0.29) is 0 Å². The van der Waals surface area contributed by atoms with Gasteiger partial charge in [-0.05, 0) is 24.6 Å². The molecule has 0 radical (unpaired) electrons. The van der Waals surface area contributed by atoms with Crippen LogP contribution in [0.1, 0.15) is 12.5 Å². The number of halogens is 1. The fourth-order valence-corrected chi connectivity index (χ4v) is 1.41. The molecule has 0 heterocycles. The van der Waals surface area contributed by atoms with Crippen LogP contribution in [0.4, 0.5) is 0 Å². The van der Waals surface area contributed by atoms with Gasteiger partial charge in [0, 0.05) is 11.9 Å². The molecule has 78 valence electrons. The molecule has 3 heteroatoms. The van der Waals surface area contributed by atoms with Crippen molar-refractivity contribution in [3.05, 3.63) is 29.8 Å². The lowest BCUT2D eigenvalue weighted by molar-refractivity contribution is 0.110. The van der Waals surface area contributed by atoms with E-state index in [1.807, 2.05) is 31.2 Å². The van der Waals surface area contributed by atoms with Crippen LogP contribution in [0.2, 0.25) is 0 Å². The van der Waals surface area contributed by atoms with Gasteiger partial charge in [-0.25, -0.2) is 0 Å². The Hall–Kier alpha value is -0.540. The highest BCUT2D eigenvalue weighted by Gasteiger charge is 1.94. The summed E-state index contributed by atoms with van der Waals surface area (Å²) < 4.78 is 10.6. The van der Waals surface area contributed by atoms with Crippen molar-refractivity contribution in [3.8, 4) is 5.75 Å². The summed E-state index contributed by atoms with van der Waals surface area (Å²) in [5.74, 6) is 0.898. The van der Waals surface area contributed by atoms with Crippen LogP contribution in [-0.4, -0.2) is 19.8 Å². The molecular weight excluding hydrogens is 244 g/mol. The number of rotatable bonds is 6. The van der Waals surface area contributed by atoms with Gasteiger partial charge in [0.25, 0.3) is 0 Å². The van der Waals surface area contributed by atoms with Gasteiger partial charge in [0.1, 0.15) is 12.4 Å². The molecule has 0 aliphatic heterocycles. The normalized spacial score (nSPS) is 10.1. The van der Waals surface area contributed by atoms with Crippen LogP contribution in [-0.2, 0) is 10.1 Å². The summed E-state index contributed by atoms with van der Waals surface area (Å²) in [7, 11) is 0. The van der Waals surface area contributed by atoms with Gasteiger partial charge >= 0.3 is 0 Å². The van der Waals surface area contributed by atoms with Crippen molar-refractivity contribution in [1.29, 1.82) is 0 Å². The smallest absolute Gasteiger partial charge is 0.119 e. The van der Waals surface area contributed by atoms with Crippen molar-refractivity contribution < 1.29 is 9.47 Å². The van der Waals surface area contributed by atoms with E-state index in [2.05, 4.69) is 15.9 Å². The van der Waals surface area contributed by atoms with E-state index < -0.39 is 0 Å². The molecule has 0 saturated carbocycles. The Bertz CT molecular complexity index is 246. The molecule has 0 fully saturated rings. The van der Waals surface area contributed by atoms with Crippen molar-refractivity contribution in [2.24, 2.45) is 0 Å².